The number of hydrogen-bond donors (Lipinski definition) is 2. The molecule has 0 radical (unpaired) electrons. The van der Waals surface area contributed by atoms with Crippen LogP contribution in [0, 0.1) is 0 Å². The maximum Gasteiger partial charge on any atom is 0.263 e. The molecular formula is C14H8N2O4S. The first-order valence-corrected chi connectivity index (χ1v) is 6.36. The van der Waals surface area contributed by atoms with Gasteiger partial charge in [-0.2, -0.15) is 0 Å². The molecule has 1 aliphatic heterocycles. The lowest BCUT2D eigenvalue weighted by atomic mass is 10.1. The lowest BCUT2D eigenvalue weighted by molar-refractivity contribution is -0.123. The highest BCUT2D eigenvalue weighted by atomic mass is 32.1. The van der Waals surface area contributed by atoms with Crippen LogP contribution in [0.4, 0.5) is 0 Å². The molecule has 1 aromatic heterocycles. The van der Waals surface area contributed by atoms with Crippen LogP contribution in [0.5, 0.6) is 0 Å². The van der Waals surface area contributed by atoms with Gasteiger partial charge in [-0.1, -0.05) is 12.1 Å². The van der Waals surface area contributed by atoms with Gasteiger partial charge in [0.25, 0.3) is 11.8 Å². The SMILES string of the molecule is O=C1NC(=S)NC(=O)C1=Cc1coc2ccccc2c1=O. The maximum atomic E-state index is 12.3. The van der Waals surface area contributed by atoms with Crippen molar-refractivity contribution in [2.75, 3.05) is 0 Å². The zero-order chi connectivity index (χ0) is 15.0. The molecular weight excluding hydrogens is 292 g/mol. The second kappa shape index (κ2) is 4.95. The molecule has 0 aliphatic carbocycles. The molecule has 0 atom stereocenters. The molecule has 1 aliphatic rings. The summed E-state index contributed by atoms with van der Waals surface area (Å²) in [5.74, 6) is -1.31. The molecule has 0 spiro atoms. The smallest absolute Gasteiger partial charge is 0.263 e. The van der Waals surface area contributed by atoms with Crippen LogP contribution in [0.25, 0.3) is 17.0 Å². The number of para-hydroxylation sites is 1. The molecule has 1 aromatic carbocycles. The van der Waals surface area contributed by atoms with Gasteiger partial charge in [0.1, 0.15) is 17.4 Å². The Balaban J connectivity index is 2.13. The van der Waals surface area contributed by atoms with Gasteiger partial charge >= 0.3 is 0 Å². The van der Waals surface area contributed by atoms with E-state index in [1.54, 1.807) is 24.3 Å². The molecule has 6 nitrogen and oxygen atoms in total. The predicted octanol–water partition coefficient (Wildman–Crippen LogP) is 0.707. The molecule has 0 saturated carbocycles. The van der Waals surface area contributed by atoms with E-state index in [2.05, 4.69) is 10.6 Å². The standard InChI is InChI=1S/C14H8N2O4S/c17-11-7(6-20-10-4-2-1-3-8(10)11)5-9-12(18)15-14(21)16-13(9)19/h1-6H,(H2,15,16,18,19,21). The van der Waals surface area contributed by atoms with Crippen molar-refractivity contribution in [1.82, 2.24) is 10.6 Å². The van der Waals surface area contributed by atoms with Gasteiger partial charge in [0.15, 0.2) is 10.5 Å². The molecule has 3 rings (SSSR count). The summed E-state index contributed by atoms with van der Waals surface area (Å²) in [5.41, 5.74) is 0.0227. The minimum atomic E-state index is -0.656. The normalized spacial score (nSPS) is 14.9. The van der Waals surface area contributed by atoms with Crippen LogP contribution in [-0.4, -0.2) is 16.9 Å². The fraction of sp³-hybridized carbons (Fsp3) is 0. The van der Waals surface area contributed by atoms with Gasteiger partial charge in [-0.25, -0.2) is 0 Å². The Hall–Kier alpha value is -2.80. The van der Waals surface area contributed by atoms with Crippen molar-refractivity contribution in [3.05, 3.63) is 51.9 Å². The summed E-state index contributed by atoms with van der Waals surface area (Å²) in [5, 5.41) is 4.90. The number of thiocarbonyl (C=S) groups is 1. The minimum absolute atomic E-state index is 0.0623. The quantitative estimate of drug-likeness (QED) is 0.460. The average Bonchev–Trinajstić information content (AvgIpc) is 2.45. The van der Waals surface area contributed by atoms with Crippen molar-refractivity contribution >= 4 is 46.2 Å². The minimum Gasteiger partial charge on any atom is -0.463 e. The van der Waals surface area contributed by atoms with Gasteiger partial charge in [0.05, 0.1) is 10.9 Å². The van der Waals surface area contributed by atoms with Gasteiger partial charge in [0.2, 0.25) is 0 Å². The van der Waals surface area contributed by atoms with Gasteiger partial charge < -0.3 is 4.42 Å². The van der Waals surface area contributed by atoms with Crippen LogP contribution in [0.1, 0.15) is 5.56 Å². The number of carbonyl (C=O) groups excluding carboxylic acids is 2. The summed E-state index contributed by atoms with van der Waals surface area (Å²) < 4.78 is 5.32. The number of benzene rings is 1. The number of nitrogens with one attached hydrogen (secondary N) is 2. The van der Waals surface area contributed by atoms with E-state index in [0.29, 0.717) is 11.0 Å². The van der Waals surface area contributed by atoms with Gasteiger partial charge in [-0.3, -0.25) is 25.0 Å². The Morgan fingerprint density at radius 1 is 1.05 bits per heavy atom. The van der Waals surface area contributed by atoms with Crippen molar-refractivity contribution in [2.45, 2.75) is 0 Å². The monoisotopic (exact) mass is 300 g/mol. The summed E-state index contributed by atoms with van der Waals surface area (Å²) in [6.07, 6.45) is 2.40. The zero-order valence-electron chi connectivity index (χ0n) is 10.5. The van der Waals surface area contributed by atoms with Crippen molar-refractivity contribution in [3.8, 4) is 0 Å². The first-order chi connectivity index (χ1) is 10.1. The number of rotatable bonds is 1. The lowest BCUT2D eigenvalue weighted by Gasteiger charge is -2.16. The first-order valence-electron chi connectivity index (χ1n) is 5.95. The maximum absolute atomic E-state index is 12.3. The molecule has 2 amide bonds. The molecule has 0 bridgehead atoms. The molecule has 2 aromatic rings. The summed E-state index contributed by atoms with van der Waals surface area (Å²) in [4.78, 5) is 35.8. The van der Waals surface area contributed by atoms with Crippen LogP contribution in [0.3, 0.4) is 0 Å². The summed E-state index contributed by atoms with van der Waals surface area (Å²) in [7, 11) is 0. The fourth-order valence-corrected chi connectivity index (χ4v) is 2.14. The molecule has 2 heterocycles. The van der Waals surface area contributed by atoms with Crippen molar-refractivity contribution in [2.24, 2.45) is 0 Å². The van der Waals surface area contributed by atoms with E-state index in [0.717, 1.165) is 0 Å². The molecule has 7 heteroatoms. The second-order valence-electron chi connectivity index (χ2n) is 4.31. The molecule has 2 N–H and O–H groups in total. The Kier molecular flexibility index (Phi) is 3.11. The van der Waals surface area contributed by atoms with Crippen molar-refractivity contribution in [1.29, 1.82) is 0 Å². The number of carbonyl (C=O) groups is 2. The number of amides is 2. The van der Waals surface area contributed by atoms with Crippen LogP contribution in [-0.2, 0) is 9.59 Å². The van der Waals surface area contributed by atoms with Crippen LogP contribution in [0.2, 0.25) is 0 Å². The zero-order valence-corrected chi connectivity index (χ0v) is 11.3. The van der Waals surface area contributed by atoms with E-state index in [9.17, 15) is 14.4 Å². The topological polar surface area (TPSA) is 88.4 Å². The van der Waals surface area contributed by atoms with Gasteiger partial charge in [0, 0.05) is 0 Å². The van der Waals surface area contributed by atoms with E-state index in [1.165, 1.54) is 12.3 Å². The molecule has 1 fully saturated rings. The largest absolute Gasteiger partial charge is 0.463 e. The Labute approximate surface area is 123 Å². The van der Waals surface area contributed by atoms with Crippen LogP contribution in [0.15, 0.2) is 45.3 Å². The lowest BCUT2D eigenvalue weighted by Crippen LogP contribution is -2.51. The average molecular weight is 300 g/mol. The molecule has 0 unspecified atom stereocenters. The van der Waals surface area contributed by atoms with E-state index < -0.39 is 11.8 Å². The summed E-state index contributed by atoms with van der Waals surface area (Å²) >= 11 is 4.70. The van der Waals surface area contributed by atoms with Crippen molar-refractivity contribution in [3.63, 3.8) is 0 Å². The van der Waals surface area contributed by atoms with Crippen LogP contribution < -0.4 is 16.1 Å². The molecule has 21 heavy (non-hydrogen) atoms. The van der Waals surface area contributed by atoms with Crippen molar-refractivity contribution < 1.29 is 14.0 Å². The van der Waals surface area contributed by atoms with Crippen LogP contribution >= 0.6 is 12.2 Å². The third-order valence-corrected chi connectivity index (χ3v) is 3.15. The molecule has 104 valence electrons. The number of hydrogen-bond acceptors (Lipinski definition) is 5. The highest BCUT2D eigenvalue weighted by Crippen LogP contribution is 2.13. The first kappa shape index (κ1) is 13.2. The molecule has 1 saturated heterocycles. The Morgan fingerprint density at radius 3 is 2.43 bits per heavy atom. The third kappa shape index (κ3) is 2.34. The Bertz CT molecular complexity index is 860. The summed E-state index contributed by atoms with van der Waals surface area (Å²) in [6, 6.07) is 6.71. The fourth-order valence-electron chi connectivity index (χ4n) is 1.95. The Morgan fingerprint density at radius 2 is 1.71 bits per heavy atom. The van der Waals surface area contributed by atoms with E-state index in [4.69, 9.17) is 16.6 Å². The second-order valence-corrected chi connectivity index (χ2v) is 4.72. The number of fused-ring (bicyclic) bond motifs is 1. The predicted molar refractivity (Wildman–Crippen MR) is 79.3 cm³/mol. The van der Waals surface area contributed by atoms with Gasteiger partial charge in [-0.05, 0) is 30.4 Å². The van der Waals surface area contributed by atoms with E-state index in [-0.39, 0.29) is 21.7 Å². The highest BCUT2D eigenvalue weighted by molar-refractivity contribution is 7.80. The van der Waals surface area contributed by atoms with E-state index >= 15 is 0 Å². The van der Waals surface area contributed by atoms with E-state index in [1.807, 2.05) is 0 Å². The highest BCUT2D eigenvalue weighted by Gasteiger charge is 2.26. The van der Waals surface area contributed by atoms with Gasteiger partial charge in [-0.15, -0.1) is 0 Å². The third-order valence-electron chi connectivity index (χ3n) is 2.95. The summed E-state index contributed by atoms with van der Waals surface area (Å²) in [6.45, 7) is 0.